The molecule has 0 atom stereocenters. The van der Waals surface area contributed by atoms with Gasteiger partial charge < -0.3 is 5.73 Å². The van der Waals surface area contributed by atoms with Gasteiger partial charge in [0.2, 0.25) is 0 Å². The Bertz CT molecular complexity index is 645. The van der Waals surface area contributed by atoms with Crippen LogP contribution in [0.1, 0.15) is 5.56 Å². The highest BCUT2D eigenvalue weighted by atomic mass is 32.2. The number of halogens is 2. The third-order valence-corrected chi connectivity index (χ3v) is 3.55. The molecule has 0 aliphatic heterocycles. The van der Waals surface area contributed by atoms with E-state index in [4.69, 9.17) is 5.73 Å². The molecule has 0 saturated heterocycles. The van der Waals surface area contributed by atoms with Crippen LogP contribution in [0.3, 0.4) is 0 Å². The van der Waals surface area contributed by atoms with Crippen LogP contribution < -0.4 is 5.73 Å². The van der Waals surface area contributed by atoms with Crippen LogP contribution in [0.4, 0.5) is 20.2 Å². The predicted octanol–water partition coefficient (Wildman–Crippen LogP) is 3.75. The fraction of sp³-hybridized carbons (Fsp3) is 0.0769. The topological polar surface area (TPSA) is 69.2 Å². The van der Waals surface area contributed by atoms with Gasteiger partial charge in [-0.05, 0) is 30.3 Å². The standard InChI is InChI=1S/C13H10F2N2O2S/c14-9-1-2-13(17(18)19)8(3-9)7-20-12-5-10(15)4-11(16)6-12/h1-6H,7,16H2. The SMILES string of the molecule is Nc1cc(F)cc(SCc2cc(F)ccc2[N+](=O)[O-])c1. The molecule has 0 unspecified atom stereocenters. The zero-order valence-corrected chi connectivity index (χ0v) is 11.0. The van der Waals surface area contributed by atoms with Crippen molar-refractivity contribution in [3.8, 4) is 0 Å². The molecule has 0 aliphatic carbocycles. The summed E-state index contributed by atoms with van der Waals surface area (Å²) in [7, 11) is 0. The average molecular weight is 296 g/mol. The Morgan fingerprint density at radius 1 is 1.15 bits per heavy atom. The number of thioether (sulfide) groups is 1. The maximum atomic E-state index is 13.2. The maximum absolute atomic E-state index is 13.2. The van der Waals surface area contributed by atoms with Gasteiger partial charge >= 0.3 is 0 Å². The Kier molecular flexibility index (Phi) is 4.19. The third-order valence-electron chi connectivity index (χ3n) is 2.53. The first-order valence-corrected chi connectivity index (χ1v) is 6.56. The van der Waals surface area contributed by atoms with Gasteiger partial charge in [0.1, 0.15) is 11.6 Å². The van der Waals surface area contributed by atoms with E-state index in [1.165, 1.54) is 12.1 Å². The minimum absolute atomic E-state index is 0.150. The first-order valence-electron chi connectivity index (χ1n) is 5.57. The largest absolute Gasteiger partial charge is 0.399 e. The van der Waals surface area contributed by atoms with Crippen LogP contribution >= 0.6 is 11.8 Å². The van der Waals surface area contributed by atoms with Gasteiger partial charge in [-0.15, -0.1) is 11.8 Å². The molecular formula is C13H10F2N2O2S. The van der Waals surface area contributed by atoms with Gasteiger partial charge in [-0.25, -0.2) is 8.78 Å². The second kappa shape index (κ2) is 5.87. The van der Waals surface area contributed by atoms with Crippen molar-refractivity contribution in [3.63, 3.8) is 0 Å². The lowest BCUT2D eigenvalue weighted by Crippen LogP contribution is -1.95. The quantitative estimate of drug-likeness (QED) is 0.404. The van der Waals surface area contributed by atoms with Crippen LogP contribution in [0.5, 0.6) is 0 Å². The molecule has 104 valence electrons. The van der Waals surface area contributed by atoms with Crippen molar-refractivity contribution < 1.29 is 13.7 Å². The molecule has 2 rings (SSSR count). The molecule has 0 amide bonds. The average Bonchev–Trinajstić information content (AvgIpc) is 2.35. The second-order valence-corrected chi connectivity index (χ2v) is 5.09. The lowest BCUT2D eigenvalue weighted by molar-refractivity contribution is -0.385. The molecule has 0 fully saturated rings. The van der Waals surface area contributed by atoms with Gasteiger partial charge in [0.15, 0.2) is 0 Å². The number of nitro benzene ring substituents is 1. The highest BCUT2D eigenvalue weighted by molar-refractivity contribution is 7.98. The zero-order chi connectivity index (χ0) is 14.7. The lowest BCUT2D eigenvalue weighted by atomic mass is 10.2. The van der Waals surface area contributed by atoms with E-state index >= 15 is 0 Å². The maximum Gasteiger partial charge on any atom is 0.273 e. The van der Waals surface area contributed by atoms with Crippen LogP contribution in [-0.2, 0) is 5.75 Å². The van der Waals surface area contributed by atoms with Crippen molar-refractivity contribution in [3.05, 3.63) is 63.7 Å². The van der Waals surface area contributed by atoms with Crippen LogP contribution in [0, 0.1) is 21.7 Å². The molecule has 0 spiro atoms. The van der Waals surface area contributed by atoms with Crippen molar-refractivity contribution in [2.45, 2.75) is 10.6 Å². The van der Waals surface area contributed by atoms with E-state index in [2.05, 4.69) is 0 Å². The molecule has 7 heteroatoms. The van der Waals surface area contributed by atoms with E-state index in [9.17, 15) is 18.9 Å². The molecule has 20 heavy (non-hydrogen) atoms. The summed E-state index contributed by atoms with van der Waals surface area (Å²) in [6.45, 7) is 0. The molecule has 2 N–H and O–H groups in total. The summed E-state index contributed by atoms with van der Waals surface area (Å²) >= 11 is 1.15. The number of anilines is 1. The van der Waals surface area contributed by atoms with E-state index in [1.54, 1.807) is 6.07 Å². The van der Waals surface area contributed by atoms with Gasteiger partial charge in [0.25, 0.3) is 5.69 Å². The fourth-order valence-corrected chi connectivity index (χ4v) is 2.65. The summed E-state index contributed by atoms with van der Waals surface area (Å²) in [6, 6.07) is 7.26. The minimum Gasteiger partial charge on any atom is -0.399 e. The van der Waals surface area contributed by atoms with Crippen LogP contribution in [-0.4, -0.2) is 4.92 Å². The van der Waals surface area contributed by atoms with E-state index in [0.29, 0.717) is 4.90 Å². The summed E-state index contributed by atoms with van der Waals surface area (Å²) in [4.78, 5) is 10.8. The van der Waals surface area contributed by atoms with Crippen molar-refractivity contribution >= 4 is 23.1 Å². The number of benzene rings is 2. The summed E-state index contributed by atoms with van der Waals surface area (Å²) < 4.78 is 26.3. The van der Waals surface area contributed by atoms with Crippen molar-refractivity contribution in [1.29, 1.82) is 0 Å². The summed E-state index contributed by atoms with van der Waals surface area (Å²) in [6.07, 6.45) is 0. The molecule has 0 heterocycles. The summed E-state index contributed by atoms with van der Waals surface area (Å²) in [5, 5.41) is 10.8. The number of nitrogens with zero attached hydrogens (tertiary/aromatic N) is 1. The smallest absolute Gasteiger partial charge is 0.273 e. The van der Waals surface area contributed by atoms with E-state index in [0.717, 1.165) is 30.0 Å². The Morgan fingerprint density at radius 3 is 2.55 bits per heavy atom. The van der Waals surface area contributed by atoms with E-state index < -0.39 is 16.6 Å². The minimum atomic E-state index is -0.574. The molecule has 4 nitrogen and oxygen atoms in total. The van der Waals surface area contributed by atoms with Gasteiger partial charge in [-0.1, -0.05) is 0 Å². The first kappa shape index (κ1) is 14.3. The van der Waals surface area contributed by atoms with Crippen LogP contribution in [0.2, 0.25) is 0 Å². The van der Waals surface area contributed by atoms with Crippen molar-refractivity contribution in [2.75, 3.05) is 5.73 Å². The van der Waals surface area contributed by atoms with E-state index in [-0.39, 0.29) is 22.7 Å². The molecule has 2 aromatic rings. The Hall–Kier alpha value is -2.15. The van der Waals surface area contributed by atoms with Crippen LogP contribution in [0.25, 0.3) is 0 Å². The molecule has 0 saturated carbocycles. The molecule has 0 aromatic heterocycles. The lowest BCUT2D eigenvalue weighted by Gasteiger charge is -2.05. The zero-order valence-electron chi connectivity index (χ0n) is 10.2. The van der Waals surface area contributed by atoms with Crippen molar-refractivity contribution in [2.24, 2.45) is 0 Å². The molecular weight excluding hydrogens is 286 g/mol. The Labute approximate surface area is 117 Å². The predicted molar refractivity (Wildman–Crippen MR) is 73.4 cm³/mol. The van der Waals surface area contributed by atoms with Gasteiger partial charge in [-0.2, -0.15) is 0 Å². The Morgan fingerprint density at radius 2 is 1.90 bits per heavy atom. The normalized spacial score (nSPS) is 10.5. The highest BCUT2D eigenvalue weighted by Crippen LogP contribution is 2.29. The number of nitro groups is 1. The molecule has 2 aromatic carbocycles. The molecule has 0 bridgehead atoms. The third kappa shape index (κ3) is 3.45. The highest BCUT2D eigenvalue weighted by Gasteiger charge is 2.14. The van der Waals surface area contributed by atoms with Crippen molar-refractivity contribution in [1.82, 2.24) is 0 Å². The Balaban J connectivity index is 2.22. The van der Waals surface area contributed by atoms with Gasteiger partial charge in [0.05, 0.1) is 4.92 Å². The summed E-state index contributed by atoms with van der Waals surface area (Å²) in [5.41, 5.74) is 5.85. The number of nitrogen functional groups attached to an aromatic ring is 1. The number of rotatable bonds is 4. The first-order chi connectivity index (χ1) is 9.45. The van der Waals surface area contributed by atoms with Crippen LogP contribution in [0.15, 0.2) is 41.3 Å². The molecule has 0 aliphatic rings. The molecule has 0 radical (unpaired) electrons. The van der Waals surface area contributed by atoms with Gasteiger partial charge in [-0.3, -0.25) is 10.1 Å². The summed E-state index contributed by atoms with van der Waals surface area (Å²) in [5.74, 6) is -0.886. The fourth-order valence-electron chi connectivity index (χ4n) is 1.68. The number of hydrogen-bond donors (Lipinski definition) is 1. The number of hydrogen-bond acceptors (Lipinski definition) is 4. The monoisotopic (exact) mass is 296 g/mol. The second-order valence-electron chi connectivity index (χ2n) is 4.04. The van der Waals surface area contributed by atoms with Gasteiger partial charge in [0, 0.05) is 28.0 Å². The van der Waals surface area contributed by atoms with E-state index in [1.807, 2.05) is 0 Å². The number of nitrogens with two attached hydrogens (primary N) is 1.